The fourth-order valence-electron chi connectivity index (χ4n) is 3.19. The Kier molecular flexibility index (Phi) is 4.07. The number of nitrogens with zero attached hydrogens (tertiary/aromatic N) is 1. The van der Waals surface area contributed by atoms with E-state index in [9.17, 15) is 9.18 Å². The van der Waals surface area contributed by atoms with Crippen molar-refractivity contribution in [3.05, 3.63) is 58.4 Å². The Morgan fingerprint density at radius 1 is 1.17 bits per heavy atom. The fourth-order valence-corrected chi connectivity index (χ4v) is 3.19. The summed E-state index contributed by atoms with van der Waals surface area (Å²) in [6.45, 7) is 4.48. The van der Waals surface area contributed by atoms with Crippen molar-refractivity contribution in [3.63, 3.8) is 0 Å². The summed E-state index contributed by atoms with van der Waals surface area (Å²) in [4.78, 5) is 14.7. The van der Waals surface area contributed by atoms with Gasteiger partial charge in [0, 0.05) is 12.1 Å². The molecule has 3 rings (SSSR count). The van der Waals surface area contributed by atoms with Gasteiger partial charge in [-0.15, -0.1) is 0 Å². The van der Waals surface area contributed by atoms with Gasteiger partial charge >= 0.3 is 0 Å². The lowest BCUT2D eigenvalue weighted by molar-refractivity contribution is 0.0983. The molecular weight excluding hydrogens is 293 g/mol. The SMILES string of the molecule is COc1ccc(C)c2c1N(C(=O)c1cc(F)ccc1C)CCC2. The van der Waals surface area contributed by atoms with Gasteiger partial charge in [0.1, 0.15) is 11.6 Å². The molecule has 3 nitrogen and oxygen atoms in total. The lowest BCUT2D eigenvalue weighted by atomic mass is 9.95. The number of methoxy groups -OCH3 is 1. The van der Waals surface area contributed by atoms with Crippen LogP contribution in [-0.2, 0) is 6.42 Å². The molecule has 4 heteroatoms. The van der Waals surface area contributed by atoms with E-state index in [1.807, 2.05) is 26.0 Å². The lowest BCUT2D eigenvalue weighted by Crippen LogP contribution is -2.36. The largest absolute Gasteiger partial charge is 0.495 e. The van der Waals surface area contributed by atoms with Crippen LogP contribution in [0.5, 0.6) is 5.75 Å². The summed E-state index contributed by atoms with van der Waals surface area (Å²) in [7, 11) is 1.61. The van der Waals surface area contributed by atoms with Gasteiger partial charge in [-0.2, -0.15) is 0 Å². The number of amides is 1. The quantitative estimate of drug-likeness (QED) is 0.837. The second-order valence-electron chi connectivity index (χ2n) is 5.93. The standard InChI is InChI=1S/C19H20FNO2/c1-12-7-9-17(23-3)18-15(12)5-4-10-21(18)19(22)16-11-14(20)8-6-13(16)2/h6-9,11H,4-5,10H2,1-3H3. The van der Waals surface area contributed by atoms with Crippen LogP contribution in [0, 0.1) is 19.7 Å². The Bertz CT molecular complexity index is 770. The minimum atomic E-state index is -0.396. The molecule has 1 heterocycles. The number of carbonyl (C=O) groups is 1. The van der Waals surface area contributed by atoms with E-state index in [0.29, 0.717) is 17.9 Å². The average molecular weight is 313 g/mol. The number of carbonyl (C=O) groups excluding carboxylic acids is 1. The highest BCUT2D eigenvalue weighted by atomic mass is 19.1. The highest BCUT2D eigenvalue weighted by molar-refractivity contribution is 6.08. The molecular formula is C19H20FNO2. The Labute approximate surface area is 135 Å². The van der Waals surface area contributed by atoms with Gasteiger partial charge < -0.3 is 9.64 Å². The molecule has 0 fully saturated rings. The number of fused-ring (bicyclic) bond motifs is 1. The molecule has 1 amide bonds. The average Bonchev–Trinajstić information content (AvgIpc) is 2.56. The first-order valence-corrected chi connectivity index (χ1v) is 7.77. The maximum atomic E-state index is 13.6. The molecule has 0 radical (unpaired) electrons. The van der Waals surface area contributed by atoms with E-state index in [1.165, 1.54) is 12.1 Å². The van der Waals surface area contributed by atoms with Crippen molar-refractivity contribution in [1.29, 1.82) is 0 Å². The maximum Gasteiger partial charge on any atom is 0.258 e. The first kappa shape index (κ1) is 15.5. The van der Waals surface area contributed by atoms with Crippen LogP contribution in [0.3, 0.4) is 0 Å². The monoisotopic (exact) mass is 313 g/mol. The van der Waals surface area contributed by atoms with E-state index in [4.69, 9.17) is 4.74 Å². The van der Waals surface area contributed by atoms with Gasteiger partial charge in [-0.05, 0) is 61.6 Å². The van der Waals surface area contributed by atoms with Crippen molar-refractivity contribution < 1.29 is 13.9 Å². The Morgan fingerprint density at radius 3 is 2.65 bits per heavy atom. The summed E-state index contributed by atoms with van der Waals surface area (Å²) < 4.78 is 19.1. The van der Waals surface area contributed by atoms with Crippen molar-refractivity contribution in [1.82, 2.24) is 0 Å². The number of ether oxygens (including phenoxy) is 1. The number of anilines is 1. The Hall–Kier alpha value is -2.36. The topological polar surface area (TPSA) is 29.5 Å². The first-order valence-electron chi connectivity index (χ1n) is 7.77. The molecule has 0 unspecified atom stereocenters. The van der Waals surface area contributed by atoms with Gasteiger partial charge in [-0.3, -0.25) is 4.79 Å². The molecule has 0 aromatic heterocycles. The van der Waals surface area contributed by atoms with Crippen molar-refractivity contribution in [3.8, 4) is 5.75 Å². The number of hydrogen-bond donors (Lipinski definition) is 0. The zero-order valence-electron chi connectivity index (χ0n) is 13.6. The molecule has 0 atom stereocenters. The zero-order valence-corrected chi connectivity index (χ0v) is 13.6. The first-order chi connectivity index (χ1) is 11.0. The van der Waals surface area contributed by atoms with Crippen LogP contribution in [0.25, 0.3) is 0 Å². The molecule has 0 saturated carbocycles. The summed E-state index contributed by atoms with van der Waals surface area (Å²) in [6.07, 6.45) is 1.81. The molecule has 0 aliphatic carbocycles. The second kappa shape index (κ2) is 6.03. The van der Waals surface area contributed by atoms with Gasteiger partial charge in [0.25, 0.3) is 5.91 Å². The van der Waals surface area contributed by atoms with Gasteiger partial charge in [-0.1, -0.05) is 12.1 Å². The van der Waals surface area contributed by atoms with Crippen LogP contribution in [0.1, 0.15) is 33.5 Å². The van der Waals surface area contributed by atoms with Crippen molar-refractivity contribution >= 4 is 11.6 Å². The highest BCUT2D eigenvalue weighted by Crippen LogP contribution is 2.39. The number of halogens is 1. The van der Waals surface area contributed by atoms with E-state index in [-0.39, 0.29) is 5.91 Å². The number of aryl methyl sites for hydroxylation is 2. The highest BCUT2D eigenvalue weighted by Gasteiger charge is 2.28. The third-order valence-corrected chi connectivity index (χ3v) is 4.45. The molecule has 0 spiro atoms. The van der Waals surface area contributed by atoms with Crippen molar-refractivity contribution in [2.45, 2.75) is 26.7 Å². The number of hydrogen-bond acceptors (Lipinski definition) is 2. The van der Waals surface area contributed by atoms with Crippen molar-refractivity contribution in [2.75, 3.05) is 18.6 Å². The molecule has 0 saturated heterocycles. The van der Waals surface area contributed by atoms with Crippen LogP contribution in [0.4, 0.5) is 10.1 Å². The van der Waals surface area contributed by atoms with Gasteiger partial charge in [0.2, 0.25) is 0 Å². The minimum Gasteiger partial charge on any atom is -0.495 e. The molecule has 2 aromatic rings. The molecule has 1 aliphatic heterocycles. The Balaban J connectivity index is 2.11. The zero-order chi connectivity index (χ0) is 16.6. The third-order valence-electron chi connectivity index (χ3n) is 4.45. The van der Waals surface area contributed by atoms with Crippen LogP contribution in [-0.4, -0.2) is 19.6 Å². The van der Waals surface area contributed by atoms with Crippen molar-refractivity contribution in [2.24, 2.45) is 0 Å². The molecule has 120 valence electrons. The molecule has 0 bridgehead atoms. The lowest BCUT2D eigenvalue weighted by Gasteiger charge is -2.32. The van der Waals surface area contributed by atoms with E-state index in [2.05, 4.69) is 0 Å². The molecule has 2 aromatic carbocycles. The predicted molar refractivity (Wildman–Crippen MR) is 88.9 cm³/mol. The summed E-state index contributed by atoms with van der Waals surface area (Å²) in [5.74, 6) is 0.118. The van der Waals surface area contributed by atoms with E-state index in [1.54, 1.807) is 18.1 Å². The van der Waals surface area contributed by atoms with Gasteiger partial charge in [0.05, 0.1) is 12.8 Å². The normalized spacial score (nSPS) is 13.7. The van der Waals surface area contributed by atoms with E-state index in [0.717, 1.165) is 35.2 Å². The molecule has 0 N–H and O–H groups in total. The van der Waals surface area contributed by atoms with Crippen LogP contribution < -0.4 is 9.64 Å². The fraction of sp³-hybridized carbons (Fsp3) is 0.316. The summed E-state index contributed by atoms with van der Waals surface area (Å²) in [6, 6.07) is 8.23. The number of benzene rings is 2. The molecule has 1 aliphatic rings. The minimum absolute atomic E-state index is 0.174. The van der Waals surface area contributed by atoms with Crippen LogP contribution in [0.15, 0.2) is 30.3 Å². The van der Waals surface area contributed by atoms with E-state index < -0.39 is 5.82 Å². The van der Waals surface area contributed by atoms with Gasteiger partial charge in [-0.25, -0.2) is 4.39 Å². The Morgan fingerprint density at radius 2 is 1.91 bits per heavy atom. The maximum absolute atomic E-state index is 13.6. The smallest absolute Gasteiger partial charge is 0.258 e. The summed E-state index contributed by atoms with van der Waals surface area (Å²) in [5.41, 5.74) is 4.29. The predicted octanol–water partition coefficient (Wildman–Crippen LogP) is 4.04. The molecule has 23 heavy (non-hydrogen) atoms. The second-order valence-corrected chi connectivity index (χ2v) is 5.93. The van der Waals surface area contributed by atoms with Crippen LogP contribution in [0.2, 0.25) is 0 Å². The van der Waals surface area contributed by atoms with Crippen LogP contribution >= 0.6 is 0 Å². The third kappa shape index (κ3) is 2.69. The number of rotatable bonds is 2. The summed E-state index contributed by atoms with van der Waals surface area (Å²) in [5, 5.41) is 0. The van der Waals surface area contributed by atoms with E-state index >= 15 is 0 Å². The van der Waals surface area contributed by atoms with Gasteiger partial charge in [0.15, 0.2) is 0 Å². The summed E-state index contributed by atoms with van der Waals surface area (Å²) >= 11 is 0.